The average Bonchev–Trinajstić information content (AvgIpc) is 3.30. The van der Waals surface area contributed by atoms with Crippen LogP contribution in [-0.4, -0.2) is 36.6 Å². The molecule has 182 valence electrons. The van der Waals surface area contributed by atoms with Crippen LogP contribution in [0.1, 0.15) is 40.7 Å². The Kier molecular flexibility index (Phi) is 6.76. The molecule has 0 amide bonds. The molecular formula is C29H33N3O2S. The molecule has 1 fully saturated rings. The van der Waals surface area contributed by atoms with Crippen LogP contribution >= 0.6 is 0 Å². The first kappa shape index (κ1) is 23.8. The minimum Gasteiger partial charge on any atom is -0.299 e. The van der Waals surface area contributed by atoms with Crippen molar-refractivity contribution < 1.29 is 8.42 Å². The van der Waals surface area contributed by atoms with E-state index >= 15 is 0 Å². The van der Waals surface area contributed by atoms with Crippen molar-refractivity contribution in [2.75, 3.05) is 13.1 Å². The molecule has 2 heterocycles. The summed E-state index contributed by atoms with van der Waals surface area (Å²) in [5.41, 5.74) is 6.61. The fourth-order valence-electron chi connectivity index (χ4n) is 5.18. The molecule has 3 aromatic carbocycles. The van der Waals surface area contributed by atoms with Crippen LogP contribution in [0.4, 0.5) is 0 Å². The first-order valence-corrected chi connectivity index (χ1v) is 14.0. The van der Waals surface area contributed by atoms with Gasteiger partial charge in [0.2, 0.25) is 0 Å². The van der Waals surface area contributed by atoms with Gasteiger partial charge in [0.1, 0.15) is 0 Å². The number of aromatic nitrogens is 2. The number of piperidine rings is 1. The van der Waals surface area contributed by atoms with Crippen LogP contribution in [0.3, 0.4) is 0 Å². The molecular weight excluding hydrogens is 454 g/mol. The predicted octanol–water partition coefficient (Wildman–Crippen LogP) is 5.61. The molecule has 0 radical (unpaired) electrons. The molecule has 0 bridgehead atoms. The van der Waals surface area contributed by atoms with E-state index in [1.54, 1.807) is 12.1 Å². The van der Waals surface area contributed by atoms with Crippen LogP contribution in [0.5, 0.6) is 0 Å². The summed E-state index contributed by atoms with van der Waals surface area (Å²) in [6.45, 7) is 6.97. The van der Waals surface area contributed by atoms with E-state index < -0.39 is 9.84 Å². The average molecular weight is 488 g/mol. The van der Waals surface area contributed by atoms with Crippen LogP contribution in [-0.2, 0) is 28.6 Å². The Balaban J connectivity index is 1.25. The first-order valence-electron chi connectivity index (χ1n) is 12.4. The SMILES string of the molecule is Cc1ccc(S(=O)(=O)Cc2cc(CN3CCC[C@H](Cc4ccc5[nH]ncc5c4)C3)ccc2C)cc1. The highest BCUT2D eigenvalue weighted by molar-refractivity contribution is 7.90. The fourth-order valence-corrected chi connectivity index (χ4v) is 6.62. The van der Waals surface area contributed by atoms with Gasteiger partial charge in [0, 0.05) is 18.5 Å². The number of rotatable bonds is 7. The van der Waals surface area contributed by atoms with Gasteiger partial charge in [-0.25, -0.2) is 8.42 Å². The molecule has 0 spiro atoms. The highest BCUT2D eigenvalue weighted by Gasteiger charge is 2.22. The van der Waals surface area contributed by atoms with Crippen LogP contribution in [0.2, 0.25) is 0 Å². The Bertz CT molecular complexity index is 1420. The molecule has 35 heavy (non-hydrogen) atoms. The van der Waals surface area contributed by atoms with Crippen molar-refractivity contribution in [1.29, 1.82) is 0 Å². The van der Waals surface area contributed by atoms with Crippen LogP contribution < -0.4 is 0 Å². The quantitative estimate of drug-likeness (QED) is 0.368. The van der Waals surface area contributed by atoms with Crippen molar-refractivity contribution in [1.82, 2.24) is 15.1 Å². The predicted molar refractivity (Wildman–Crippen MR) is 141 cm³/mol. The molecule has 1 N–H and O–H groups in total. The molecule has 1 saturated heterocycles. The Morgan fingerprint density at radius 3 is 2.63 bits per heavy atom. The van der Waals surface area contributed by atoms with Gasteiger partial charge < -0.3 is 0 Å². The maximum atomic E-state index is 13.0. The Hall–Kier alpha value is -2.96. The summed E-state index contributed by atoms with van der Waals surface area (Å²) in [6.07, 6.45) is 5.40. The summed E-state index contributed by atoms with van der Waals surface area (Å²) in [5.74, 6) is 0.661. The third kappa shape index (κ3) is 5.65. The van der Waals surface area contributed by atoms with E-state index in [9.17, 15) is 8.42 Å². The smallest absolute Gasteiger partial charge is 0.182 e. The molecule has 4 aromatic rings. The minimum atomic E-state index is -3.38. The Labute approximate surface area is 208 Å². The summed E-state index contributed by atoms with van der Waals surface area (Å²) in [4.78, 5) is 2.91. The summed E-state index contributed by atoms with van der Waals surface area (Å²) in [5, 5.41) is 8.33. The number of hydrogen-bond acceptors (Lipinski definition) is 4. The number of sulfone groups is 1. The molecule has 5 nitrogen and oxygen atoms in total. The second kappa shape index (κ2) is 9.96. The van der Waals surface area contributed by atoms with E-state index in [0.29, 0.717) is 10.8 Å². The van der Waals surface area contributed by atoms with Crippen molar-refractivity contribution in [2.24, 2.45) is 5.92 Å². The maximum absolute atomic E-state index is 13.0. The summed E-state index contributed by atoms with van der Waals surface area (Å²) in [6, 6.07) is 20.0. The minimum absolute atomic E-state index is 0.0366. The van der Waals surface area contributed by atoms with E-state index in [4.69, 9.17) is 0 Å². The van der Waals surface area contributed by atoms with Crippen molar-refractivity contribution in [3.8, 4) is 0 Å². The zero-order valence-electron chi connectivity index (χ0n) is 20.5. The lowest BCUT2D eigenvalue weighted by Crippen LogP contribution is -2.35. The number of benzene rings is 3. The van der Waals surface area contributed by atoms with Gasteiger partial charge in [0.15, 0.2) is 9.84 Å². The molecule has 6 heteroatoms. The van der Waals surface area contributed by atoms with Crippen molar-refractivity contribution in [3.05, 3.63) is 94.7 Å². The topological polar surface area (TPSA) is 66.1 Å². The van der Waals surface area contributed by atoms with Gasteiger partial charge in [-0.15, -0.1) is 0 Å². The number of aryl methyl sites for hydroxylation is 2. The number of nitrogens with one attached hydrogen (secondary N) is 1. The molecule has 1 atom stereocenters. The van der Waals surface area contributed by atoms with E-state index in [-0.39, 0.29) is 5.75 Å². The van der Waals surface area contributed by atoms with E-state index in [1.165, 1.54) is 29.4 Å². The highest BCUT2D eigenvalue weighted by Crippen LogP contribution is 2.25. The lowest BCUT2D eigenvalue weighted by atomic mass is 9.90. The molecule has 0 aliphatic carbocycles. The lowest BCUT2D eigenvalue weighted by molar-refractivity contribution is 0.167. The van der Waals surface area contributed by atoms with Crippen molar-refractivity contribution in [3.63, 3.8) is 0 Å². The van der Waals surface area contributed by atoms with Crippen LogP contribution in [0.25, 0.3) is 10.9 Å². The van der Waals surface area contributed by atoms with Crippen molar-refractivity contribution in [2.45, 2.75) is 50.3 Å². The Morgan fingerprint density at radius 2 is 1.80 bits per heavy atom. The molecule has 0 saturated carbocycles. The van der Waals surface area contributed by atoms with Crippen LogP contribution in [0, 0.1) is 19.8 Å². The highest BCUT2D eigenvalue weighted by atomic mass is 32.2. The van der Waals surface area contributed by atoms with Gasteiger partial charge in [-0.1, -0.05) is 42.0 Å². The number of H-pyrrole nitrogens is 1. The number of hydrogen-bond donors (Lipinski definition) is 1. The molecule has 1 aromatic heterocycles. The molecule has 1 aliphatic heterocycles. The number of aromatic amines is 1. The lowest BCUT2D eigenvalue weighted by Gasteiger charge is -2.33. The van der Waals surface area contributed by atoms with Gasteiger partial charge in [-0.2, -0.15) is 5.10 Å². The zero-order valence-corrected chi connectivity index (χ0v) is 21.3. The first-order chi connectivity index (χ1) is 16.9. The van der Waals surface area contributed by atoms with Crippen LogP contribution in [0.15, 0.2) is 71.8 Å². The van der Waals surface area contributed by atoms with Gasteiger partial charge in [0.05, 0.1) is 22.4 Å². The number of fused-ring (bicyclic) bond motifs is 1. The summed E-state index contributed by atoms with van der Waals surface area (Å²) < 4.78 is 26.1. The molecule has 0 unspecified atom stereocenters. The second-order valence-corrected chi connectivity index (χ2v) is 12.1. The molecule has 1 aliphatic rings. The monoisotopic (exact) mass is 487 g/mol. The largest absolute Gasteiger partial charge is 0.299 e. The number of nitrogens with zero attached hydrogens (tertiary/aromatic N) is 2. The van der Waals surface area contributed by atoms with E-state index in [0.717, 1.165) is 48.3 Å². The third-order valence-electron chi connectivity index (χ3n) is 7.18. The zero-order chi connectivity index (χ0) is 24.4. The molecule has 5 rings (SSSR count). The normalized spacial score (nSPS) is 17.1. The van der Waals surface area contributed by atoms with Gasteiger partial charge in [0.25, 0.3) is 0 Å². The second-order valence-electron chi connectivity index (χ2n) is 10.1. The number of likely N-dealkylation sites (tertiary alicyclic amines) is 1. The van der Waals surface area contributed by atoms with E-state index in [1.807, 2.05) is 32.2 Å². The van der Waals surface area contributed by atoms with Crippen molar-refractivity contribution >= 4 is 20.7 Å². The maximum Gasteiger partial charge on any atom is 0.182 e. The standard InChI is InChI=1S/C29H33N3O2S/c1-21-5-10-28(11-6-21)35(33,34)20-27-16-25(8-7-22(27)2)19-32-13-3-4-24(18-32)14-23-9-12-29-26(15-23)17-30-31-29/h5-12,15-17,24H,3-4,13-14,18-20H2,1-2H3,(H,30,31)/t24-/m1/s1. The van der Waals surface area contributed by atoms with Gasteiger partial charge >= 0.3 is 0 Å². The summed E-state index contributed by atoms with van der Waals surface area (Å²) in [7, 11) is -3.38. The third-order valence-corrected chi connectivity index (χ3v) is 8.86. The van der Waals surface area contributed by atoms with Gasteiger partial charge in [-0.3, -0.25) is 10.00 Å². The summed E-state index contributed by atoms with van der Waals surface area (Å²) >= 11 is 0. The Morgan fingerprint density at radius 1 is 1.00 bits per heavy atom. The fraction of sp³-hybridized carbons (Fsp3) is 0.345. The van der Waals surface area contributed by atoms with Gasteiger partial charge in [-0.05, 0) is 92.1 Å². The van der Waals surface area contributed by atoms with E-state index in [2.05, 4.69) is 51.5 Å².